The van der Waals surface area contributed by atoms with Gasteiger partial charge in [0.05, 0.1) is 0 Å². The Labute approximate surface area is 138 Å². The van der Waals surface area contributed by atoms with Gasteiger partial charge in [0.2, 0.25) is 11.8 Å². The molecule has 6 nitrogen and oxygen atoms in total. The number of methoxy groups -OCH3 is 1. The molecule has 0 aliphatic carbocycles. The molecular formula is C17H27N3O3. The second kappa shape index (κ2) is 10.6. The lowest BCUT2D eigenvalue weighted by Gasteiger charge is -2.21. The third kappa shape index (κ3) is 7.15. The van der Waals surface area contributed by atoms with E-state index in [0.717, 1.165) is 25.2 Å². The van der Waals surface area contributed by atoms with Crippen LogP contribution in [0.2, 0.25) is 0 Å². The number of ether oxygens (including phenoxy) is 1. The van der Waals surface area contributed by atoms with Gasteiger partial charge in [0.25, 0.3) is 0 Å². The van der Waals surface area contributed by atoms with E-state index in [1.807, 2.05) is 24.3 Å². The number of amides is 2. The van der Waals surface area contributed by atoms with Crippen molar-refractivity contribution in [2.24, 2.45) is 0 Å². The minimum absolute atomic E-state index is 0.176. The number of carbonyl (C=O) groups excluding carboxylic acids is 2. The van der Waals surface area contributed by atoms with Gasteiger partial charge in [-0.2, -0.15) is 0 Å². The summed E-state index contributed by atoms with van der Waals surface area (Å²) in [5, 5.41) is 5.42. The standard InChI is InChI=1S/C17H27N3O3/c1-4-20(5-2)15-9-7-14(8-10-15)19-17(22)13-16(21)18-11-6-12-23-3/h7-10H,4-6,11-13H2,1-3H3,(H,18,21)(H,19,22). The molecule has 2 amide bonds. The zero-order valence-corrected chi connectivity index (χ0v) is 14.2. The fraction of sp³-hybridized carbons (Fsp3) is 0.529. The molecule has 6 heteroatoms. The van der Waals surface area contributed by atoms with Crippen LogP contribution in [0, 0.1) is 0 Å². The van der Waals surface area contributed by atoms with E-state index in [4.69, 9.17) is 4.74 Å². The molecular weight excluding hydrogens is 294 g/mol. The van der Waals surface area contributed by atoms with Crippen LogP contribution in [-0.4, -0.2) is 45.2 Å². The number of carbonyl (C=O) groups is 2. The van der Waals surface area contributed by atoms with Crippen molar-refractivity contribution in [3.05, 3.63) is 24.3 Å². The molecule has 0 saturated carbocycles. The van der Waals surface area contributed by atoms with E-state index in [1.165, 1.54) is 0 Å². The molecule has 0 aromatic heterocycles. The lowest BCUT2D eigenvalue weighted by Crippen LogP contribution is -2.29. The van der Waals surface area contributed by atoms with Crippen molar-refractivity contribution in [1.29, 1.82) is 0 Å². The Morgan fingerprint density at radius 2 is 1.74 bits per heavy atom. The van der Waals surface area contributed by atoms with Crippen LogP contribution >= 0.6 is 0 Å². The zero-order chi connectivity index (χ0) is 17.1. The van der Waals surface area contributed by atoms with E-state index < -0.39 is 0 Å². The molecule has 0 aliphatic heterocycles. The number of hydrogen-bond donors (Lipinski definition) is 2. The van der Waals surface area contributed by atoms with Gasteiger partial charge in [0.15, 0.2) is 0 Å². The maximum atomic E-state index is 11.8. The Bertz CT molecular complexity index is 484. The van der Waals surface area contributed by atoms with Crippen LogP contribution in [0.1, 0.15) is 26.7 Å². The van der Waals surface area contributed by atoms with Crippen molar-refractivity contribution in [3.63, 3.8) is 0 Å². The first-order valence-electron chi connectivity index (χ1n) is 8.01. The van der Waals surface area contributed by atoms with E-state index in [2.05, 4.69) is 29.4 Å². The van der Waals surface area contributed by atoms with Gasteiger partial charge in [-0.15, -0.1) is 0 Å². The van der Waals surface area contributed by atoms with Gasteiger partial charge in [-0.05, 0) is 44.5 Å². The highest BCUT2D eigenvalue weighted by atomic mass is 16.5. The van der Waals surface area contributed by atoms with Crippen LogP contribution in [-0.2, 0) is 14.3 Å². The van der Waals surface area contributed by atoms with E-state index in [1.54, 1.807) is 7.11 Å². The molecule has 0 bridgehead atoms. The molecule has 0 fully saturated rings. The highest BCUT2D eigenvalue weighted by Gasteiger charge is 2.09. The molecule has 0 unspecified atom stereocenters. The van der Waals surface area contributed by atoms with Gasteiger partial charge in [-0.1, -0.05) is 0 Å². The molecule has 23 heavy (non-hydrogen) atoms. The maximum Gasteiger partial charge on any atom is 0.233 e. The molecule has 0 heterocycles. The van der Waals surface area contributed by atoms with Crippen molar-refractivity contribution in [3.8, 4) is 0 Å². The Kier molecular flexibility index (Phi) is 8.75. The summed E-state index contributed by atoms with van der Waals surface area (Å²) in [4.78, 5) is 25.7. The van der Waals surface area contributed by atoms with E-state index in [0.29, 0.717) is 18.8 Å². The summed E-state index contributed by atoms with van der Waals surface area (Å²) >= 11 is 0. The van der Waals surface area contributed by atoms with Crippen molar-refractivity contribution < 1.29 is 14.3 Å². The number of hydrogen-bond acceptors (Lipinski definition) is 4. The van der Waals surface area contributed by atoms with Crippen LogP contribution in [0.15, 0.2) is 24.3 Å². The molecule has 128 valence electrons. The van der Waals surface area contributed by atoms with Gasteiger partial charge in [-0.3, -0.25) is 9.59 Å². The van der Waals surface area contributed by atoms with Gasteiger partial charge < -0.3 is 20.3 Å². The van der Waals surface area contributed by atoms with Crippen LogP contribution in [0.5, 0.6) is 0 Å². The Hall–Kier alpha value is -2.08. The minimum Gasteiger partial charge on any atom is -0.385 e. The molecule has 1 aromatic rings. The molecule has 1 rings (SSSR count). The van der Waals surface area contributed by atoms with E-state index >= 15 is 0 Å². The van der Waals surface area contributed by atoms with Crippen LogP contribution in [0.4, 0.5) is 11.4 Å². The van der Waals surface area contributed by atoms with Gasteiger partial charge in [0, 0.05) is 44.7 Å². The van der Waals surface area contributed by atoms with Crippen LogP contribution in [0.3, 0.4) is 0 Å². The molecule has 0 saturated heterocycles. The van der Waals surface area contributed by atoms with Gasteiger partial charge in [0.1, 0.15) is 6.42 Å². The van der Waals surface area contributed by atoms with Gasteiger partial charge in [-0.25, -0.2) is 0 Å². The van der Waals surface area contributed by atoms with Gasteiger partial charge >= 0.3 is 0 Å². The Balaban J connectivity index is 2.40. The maximum absolute atomic E-state index is 11.8. The predicted molar refractivity (Wildman–Crippen MR) is 92.8 cm³/mol. The fourth-order valence-corrected chi connectivity index (χ4v) is 2.20. The zero-order valence-electron chi connectivity index (χ0n) is 14.2. The summed E-state index contributed by atoms with van der Waals surface area (Å²) in [7, 11) is 1.61. The summed E-state index contributed by atoms with van der Waals surface area (Å²) < 4.78 is 4.89. The second-order valence-electron chi connectivity index (χ2n) is 5.14. The summed E-state index contributed by atoms with van der Waals surface area (Å²) in [5.74, 6) is -0.594. The SMILES string of the molecule is CCN(CC)c1ccc(NC(=O)CC(=O)NCCCOC)cc1. The summed E-state index contributed by atoms with van der Waals surface area (Å²) in [5.41, 5.74) is 1.81. The van der Waals surface area contributed by atoms with Crippen LogP contribution < -0.4 is 15.5 Å². The quantitative estimate of drug-likeness (QED) is 0.511. The molecule has 0 atom stereocenters. The van der Waals surface area contributed by atoms with E-state index in [-0.39, 0.29) is 18.2 Å². The molecule has 0 radical (unpaired) electrons. The summed E-state index contributed by atoms with van der Waals surface area (Å²) in [6, 6.07) is 7.63. The fourth-order valence-electron chi connectivity index (χ4n) is 2.20. The number of nitrogens with one attached hydrogen (secondary N) is 2. The summed E-state index contributed by atoms with van der Waals surface area (Å²) in [6.45, 7) is 7.18. The second-order valence-corrected chi connectivity index (χ2v) is 5.14. The number of benzene rings is 1. The first-order valence-corrected chi connectivity index (χ1v) is 8.01. The minimum atomic E-state index is -0.315. The number of anilines is 2. The Morgan fingerprint density at radius 3 is 2.30 bits per heavy atom. The predicted octanol–water partition coefficient (Wildman–Crippen LogP) is 2.01. The lowest BCUT2D eigenvalue weighted by molar-refractivity contribution is -0.126. The highest BCUT2D eigenvalue weighted by molar-refractivity contribution is 6.03. The molecule has 1 aromatic carbocycles. The summed E-state index contributed by atoms with van der Waals surface area (Å²) in [6.07, 6.45) is 0.557. The normalized spacial score (nSPS) is 10.2. The monoisotopic (exact) mass is 321 g/mol. The topological polar surface area (TPSA) is 70.7 Å². The molecule has 2 N–H and O–H groups in total. The van der Waals surface area contributed by atoms with E-state index in [9.17, 15) is 9.59 Å². The third-order valence-electron chi connectivity index (χ3n) is 3.45. The highest BCUT2D eigenvalue weighted by Crippen LogP contribution is 2.17. The lowest BCUT2D eigenvalue weighted by atomic mass is 10.2. The average Bonchev–Trinajstić information content (AvgIpc) is 2.54. The van der Waals surface area contributed by atoms with Crippen molar-refractivity contribution in [2.45, 2.75) is 26.7 Å². The third-order valence-corrected chi connectivity index (χ3v) is 3.45. The number of rotatable bonds is 10. The smallest absolute Gasteiger partial charge is 0.233 e. The Morgan fingerprint density at radius 1 is 1.09 bits per heavy atom. The van der Waals surface area contributed by atoms with Crippen molar-refractivity contribution in [1.82, 2.24) is 5.32 Å². The molecule has 0 spiro atoms. The number of nitrogens with zero attached hydrogens (tertiary/aromatic N) is 1. The largest absolute Gasteiger partial charge is 0.385 e. The van der Waals surface area contributed by atoms with Crippen molar-refractivity contribution >= 4 is 23.2 Å². The average molecular weight is 321 g/mol. The van der Waals surface area contributed by atoms with Crippen LogP contribution in [0.25, 0.3) is 0 Å². The molecule has 0 aliphatic rings. The first-order chi connectivity index (χ1) is 11.1. The first kappa shape index (κ1) is 19.0. The van der Waals surface area contributed by atoms with Crippen molar-refractivity contribution in [2.75, 3.05) is 43.6 Å².